The second kappa shape index (κ2) is 6.78. The standard InChI is InChI=1S/C14H22FN3O2/c1-14(20,9-18(2)3)8-17-7-11-6-10(13(16)19)4-5-12(11)15/h4-6,17,20H,7-9H2,1-3H3,(H2,16,19). The molecule has 4 N–H and O–H groups in total. The van der Waals surface area contributed by atoms with Crippen LogP contribution in [0, 0.1) is 5.82 Å². The van der Waals surface area contributed by atoms with Gasteiger partial charge in [-0.25, -0.2) is 4.39 Å². The van der Waals surface area contributed by atoms with Gasteiger partial charge in [0.25, 0.3) is 0 Å². The molecule has 0 aromatic heterocycles. The number of nitrogens with one attached hydrogen (secondary N) is 1. The average Bonchev–Trinajstić information content (AvgIpc) is 2.29. The van der Waals surface area contributed by atoms with Gasteiger partial charge in [0.05, 0.1) is 5.60 Å². The minimum Gasteiger partial charge on any atom is -0.388 e. The molecule has 1 atom stereocenters. The molecule has 0 radical (unpaired) electrons. The molecule has 112 valence electrons. The maximum absolute atomic E-state index is 13.6. The van der Waals surface area contributed by atoms with Crippen molar-refractivity contribution in [1.29, 1.82) is 0 Å². The molecular formula is C14H22FN3O2. The summed E-state index contributed by atoms with van der Waals surface area (Å²) in [7, 11) is 3.73. The summed E-state index contributed by atoms with van der Waals surface area (Å²) in [4.78, 5) is 12.9. The maximum Gasteiger partial charge on any atom is 0.248 e. The van der Waals surface area contributed by atoms with Gasteiger partial charge in [0, 0.05) is 30.8 Å². The van der Waals surface area contributed by atoms with Crippen LogP contribution in [-0.4, -0.2) is 48.7 Å². The van der Waals surface area contributed by atoms with Gasteiger partial charge >= 0.3 is 0 Å². The van der Waals surface area contributed by atoms with Crippen LogP contribution in [0.25, 0.3) is 0 Å². The molecule has 0 saturated carbocycles. The molecule has 6 heteroatoms. The normalized spacial score (nSPS) is 14.3. The Kier molecular flexibility index (Phi) is 5.62. The van der Waals surface area contributed by atoms with E-state index < -0.39 is 17.3 Å². The van der Waals surface area contributed by atoms with E-state index in [2.05, 4.69) is 5.32 Å². The lowest BCUT2D eigenvalue weighted by Gasteiger charge is -2.27. The SMILES string of the molecule is CN(C)CC(C)(O)CNCc1cc(C(N)=O)ccc1F. The Morgan fingerprint density at radius 1 is 1.50 bits per heavy atom. The minimum atomic E-state index is -0.915. The van der Waals surface area contributed by atoms with Crippen LogP contribution in [0.4, 0.5) is 4.39 Å². The molecule has 1 aromatic rings. The first-order valence-electron chi connectivity index (χ1n) is 6.37. The molecule has 1 unspecified atom stereocenters. The highest BCUT2D eigenvalue weighted by molar-refractivity contribution is 5.92. The van der Waals surface area contributed by atoms with Crippen LogP contribution >= 0.6 is 0 Å². The maximum atomic E-state index is 13.6. The second-order valence-electron chi connectivity index (χ2n) is 5.51. The summed E-state index contributed by atoms with van der Waals surface area (Å²) in [6, 6.07) is 3.99. The van der Waals surface area contributed by atoms with Gasteiger partial charge < -0.3 is 21.1 Å². The number of amides is 1. The fourth-order valence-corrected chi connectivity index (χ4v) is 2.07. The lowest BCUT2D eigenvalue weighted by atomic mass is 10.1. The van der Waals surface area contributed by atoms with E-state index in [9.17, 15) is 14.3 Å². The van der Waals surface area contributed by atoms with E-state index in [4.69, 9.17) is 5.73 Å². The van der Waals surface area contributed by atoms with Crippen molar-refractivity contribution in [3.63, 3.8) is 0 Å². The second-order valence-corrected chi connectivity index (χ2v) is 5.51. The summed E-state index contributed by atoms with van der Waals surface area (Å²) in [6.07, 6.45) is 0. The van der Waals surface area contributed by atoms with Gasteiger partial charge in [0.15, 0.2) is 0 Å². The molecule has 0 bridgehead atoms. The number of benzene rings is 1. The lowest BCUT2D eigenvalue weighted by molar-refractivity contribution is 0.0335. The molecule has 0 heterocycles. The summed E-state index contributed by atoms with van der Waals surface area (Å²) in [5, 5.41) is 13.1. The lowest BCUT2D eigenvalue weighted by Crippen LogP contribution is -2.45. The molecule has 0 saturated heterocycles. The zero-order valence-corrected chi connectivity index (χ0v) is 12.1. The molecule has 0 fully saturated rings. The Bertz CT molecular complexity index is 475. The highest BCUT2D eigenvalue weighted by atomic mass is 19.1. The van der Waals surface area contributed by atoms with Crippen LogP contribution < -0.4 is 11.1 Å². The molecule has 0 aliphatic heterocycles. The number of carbonyl (C=O) groups is 1. The molecule has 0 spiro atoms. The van der Waals surface area contributed by atoms with E-state index in [1.165, 1.54) is 18.2 Å². The van der Waals surface area contributed by atoms with E-state index >= 15 is 0 Å². The molecule has 5 nitrogen and oxygen atoms in total. The van der Waals surface area contributed by atoms with Crippen LogP contribution in [0.1, 0.15) is 22.8 Å². The summed E-state index contributed by atoms with van der Waals surface area (Å²) in [5.74, 6) is -0.999. The first-order valence-corrected chi connectivity index (χ1v) is 6.37. The summed E-state index contributed by atoms with van der Waals surface area (Å²) in [5.41, 5.74) is 4.86. The Balaban J connectivity index is 2.62. The van der Waals surface area contributed by atoms with Crippen molar-refractivity contribution in [3.8, 4) is 0 Å². The van der Waals surface area contributed by atoms with Crippen molar-refractivity contribution in [2.75, 3.05) is 27.2 Å². The van der Waals surface area contributed by atoms with Crippen LogP contribution in [0.15, 0.2) is 18.2 Å². The van der Waals surface area contributed by atoms with E-state index in [1.807, 2.05) is 19.0 Å². The van der Waals surface area contributed by atoms with Crippen LogP contribution in [0.3, 0.4) is 0 Å². The smallest absolute Gasteiger partial charge is 0.248 e. The van der Waals surface area contributed by atoms with Gasteiger partial charge in [-0.3, -0.25) is 4.79 Å². The monoisotopic (exact) mass is 283 g/mol. The summed E-state index contributed by atoms with van der Waals surface area (Å²) >= 11 is 0. The highest BCUT2D eigenvalue weighted by Gasteiger charge is 2.20. The minimum absolute atomic E-state index is 0.219. The molecular weight excluding hydrogens is 261 g/mol. The fraction of sp³-hybridized carbons (Fsp3) is 0.500. The average molecular weight is 283 g/mol. The van der Waals surface area contributed by atoms with E-state index in [-0.39, 0.29) is 12.1 Å². The van der Waals surface area contributed by atoms with Crippen LogP contribution in [0.5, 0.6) is 0 Å². The molecule has 0 aliphatic rings. The zero-order chi connectivity index (χ0) is 15.3. The highest BCUT2D eigenvalue weighted by Crippen LogP contribution is 2.11. The Hall–Kier alpha value is -1.50. The number of hydrogen-bond acceptors (Lipinski definition) is 4. The fourth-order valence-electron chi connectivity index (χ4n) is 2.07. The summed E-state index contributed by atoms with van der Waals surface area (Å²) < 4.78 is 13.6. The third kappa shape index (κ3) is 5.24. The number of nitrogens with zero attached hydrogens (tertiary/aromatic N) is 1. The number of primary amides is 1. The Labute approximate surface area is 118 Å². The molecule has 1 rings (SSSR count). The van der Waals surface area contributed by atoms with E-state index in [0.29, 0.717) is 18.7 Å². The van der Waals surface area contributed by atoms with Gasteiger partial charge in [-0.05, 0) is 39.2 Å². The summed E-state index contributed by atoms with van der Waals surface area (Å²) in [6.45, 7) is 2.72. The number of aliphatic hydroxyl groups is 1. The molecule has 0 aliphatic carbocycles. The van der Waals surface area contributed by atoms with Crippen LogP contribution in [0.2, 0.25) is 0 Å². The van der Waals surface area contributed by atoms with Gasteiger partial charge in [-0.1, -0.05) is 0 Å². The van der Waals surface area contributed by atoms with Gasteiger partial charge in [0.2, 0.25) is 5.91 Å². The van der Waals surface area contributed by atoms with Crippen LogP contribution in [-0.2, 0) is 6.54 Å². The van der Waals surface area contributed by atoms with E-state index in [1.54, 1.807) is 6.92 Å². The third-order valence-corrected chi connectivity index (χ3v) is 2.81. The number of nitrogens with two attached hydrogens (primary N) is 1. The number of halogens is 1. The number of hydrogen-bond donors (Lipinski definition) is 3. The van der Waals surface area contributed by atoms with Crippen molar-refractivity contribution in [3.05, 3.63) is 35.1 Å². The van der Waals surface area contributed by atoms with Crippen molar-refractivity contribution in [2.24, 2.45) is 5.73 Å². The largest absolute Gasteiger partial charge is 0.388 e. The van der Waals surface area contributed by atoms with Crippen molar-refractivity contribution >= 4 is 5.91 Å². The number of carbonyl (C=O) groups excluding carboxylic acids is 1. The van der Waals surface area contributed by atoms with Crippen molar-refractivity contribution in [2.45, 2.75) is 19.1 Å². The number of likely N-dealkylation sites (N-methyl/N-ethyl adjacent to an activating group) is 1. The predicted molar refractivity (Wildman–Crippen MR) is 75.8 cm³/mol. The Morgan fingerprint density at radius 3 is 2.70 bits per heavy atom. The molecule has 1 amide bonds. The van der Waals surface area contributed by atoms with Gasteiger partial charge in [0.1, 0.15) is 5.82 Å². The van der Waals surface area contributed by atoms with Crippen molar-refractivity contribution in [1.82, 2.24) is 10.2 Å². The first-order chi connectivity index (χ1) is 9.21. The van der Waals surface area contributed by atoms with E-state index in [0.717, 1.165) is 0 Å². The third-order valence-electron chi connectivity index (χ3n) is 2.81. The van der Waals surface area contributed by atoms with Gasteiger partial charge in [-0.2, -0.15) is 0 Å². The quantitative estimate of drug-likeness (QED) is 0.674. The predicted octanol–water partition coefficient (Wildman–Crippen LogP) is 0.327. The molecule has 1 aromatic carbocycles. The zero-order valence-electron chi connectivity index (χ0n) is 12.1. The van der Waals surface area contributed by atoms with Crippen molar-refractivity contribution < 1.29 is 14.3 Å². The first kappa shape index (κ1) is 16.6. The number of rotatable bonds is 7. The van der Waals surface area contributed by atoms with Gasteiger partial charge in [-0.15, -0.1) is 0 Å². The topological polar surface area (TPSA) is 78.6 Å². The Morgan fingerprint density at radius 2 is 2.15 bits per heavy atom. The molecule has 20 heavy (non-hydrogen) atoms.